The third-order valence-corrected chi connectivity index (χ3v) is 6.20. The Morgan fingerprint density at radius 3 is 2.74 bits per heavy atom. The van der Waals surface area contributed by atoms with Crippen molar-refractivity contribution in [3.63, 3.8) is 0 Å². The first-order valence-corrected chi connectivity index (χ1v) is 10.0. The predicted octanol–water partition coefficient (Wildman–Crippen LogP) is 2.23. The van der Waals surface area contributed by atoms with Crippen LogP contribution in [-0.2, 0) is 16.1 Å². The number of thioether (sulfide) groups is 1. The van der Waals surface area contributed by atoms with Crippen molar-refractivity contribution in [2.45, 2.75) is 23.1 Å². The van der Waals surface area contributed by atoms with E-state index in [1.54, 1.807) is 6.20 Å². The van der Waals surface area contributed by atoms with Crippen molar-refractivity contribution in [1.82, 2.24) is 14.8 Å². The number of pyridine rings is 1. The Morgan fingerprint density at radius 1 is 1.15 bits per heavy atom. The van der Waals surface area contributed by atoms with Gasteiger partial charge < -0.3 is 10.2 Å². The first-order chi connectivity index (χ1) is 13.2. The molecule has 27 heavy (non-hydrogen) atoms. The summed E-state index contributed by atoms with van der Waals surface area (Å²) < 4.78 is 0. The number of aromatic nitrogens is 1. The number of amides is 2. The topological polar surface area (TPSA) is 65.5 Å². The fourth-order valence-electron chi connectivity index (χ4n) is 3.42. The molecule has 140 valence electrons. The number of hydrogen-bond donors (Lipinski definition) is 1. The largest absolute Gasteiger partial charge is 0.340 e. The van der Waals surface area contributed by atoms with Crippen LogP contribution >= 0.6 is 11.8 Å². The van der Waals surface area contributed by atoms with Crippen molar-refractivity contribution in [1.29, 1.82) is 0 Å². The number of fused-ring (bicyclic) bond motifs is 1. The Morgan fingerprint density at radius 2 is 1.96 bits per heavy atom. The first kappa shape index (κ1) is 18.0. The van der Waals surface area contributed by atoms with Gasteiger partial charge in [0.05, 0.1) is 10.9 Å². The van der Waals surface area contributed by atoms with E-state index in [9.17, 15) is 9.59 Å². The molecule has 1 aromatic carbocycles. The minimum atomic E-state index is -0.360. The predicted molar refractivity (Wildman–Crippen MR) is 105 cm³/mol. The highest BCUT2D eigenvalue weighted by molar-refractivity contribution is 8.01. The second-order valence-corrected chi connectivity index (χ2v) is 8.06. The van der Waals surface area contributed by atoms with Crippen LogP contribution in [0.1, 0.15) is 12.0 Å². The van der Waals surface area contributed by atoms with Gasteiger partial charge in [0.2, 0.25) is 11.8 Å². The van der Waals surface area contributed by atoms with E-state index in [1.807, 2.05) is 41.4 Å². The lowest BCUT2D eigenvalue weighted by Gasteiger charge is -2.35. The Balaban J connectivity index is 1.29. The number of carbonyl (C=O) groups is 2. The first-order valence-electron chi connectivity index (χ1n) is 9.14. The smallest absolute Gasteiger partial charge is 0.238 e. The van der Waals surface area contributed by atoms with Crippen molar-refractivity contribution < 1.29 is 9.59 Å². The molecular weight excluding hydrogens is 360 g/mol. The van der Waals surface area contributed by atoms with Gasteiger partial charge in [0.25, 0.3) is 0 Å². The van der Waals surface area contributed by atoms with Gasteiger partial charge >= 0.3 is 0 Å². The third kappa shape index (κ3) is 4.31. The normalized spacial score (nSPS) is 20.1. The van der Waals surface area contributed by atoms with Crippen LogP contribution in [0.3, 0.4) is 0 Å². The van der Waals surface area contributed by atoms with E-state index in [2.05, 4.69) is 21.3 Å². The van der Waals surface area contributed by atoms with Crippen LogP contribution in [0, 0.1) is 0 Å². The molecule has 0 spiro atoms. The molecule has 7 heteroatoms. The zero-order valence-electron chi connectivity index (χ0n) is 15.0. The Hall–Kier alpha value is -2.38. The number of piperazine rings is 1. The second-order valence-electron chi connectivity index (χ2n) is 6.81. The molecule has 0 bridgehead atoms. The molecule has 1 unspecified atom stereocenters. The lowest BCUT2D eigenvalue weighted by Crippen LogP contribution is -2.49. The van der Waals surface area contributed by atoms with Gasteiger partial charge in [0.15, 0.2) is 0 Å². The summed E-state index contributed by atoms with van der Waals surface area (Å²) in [6.07, 6.45) is 3.90. The highest BCUT2D eigenvalue weighted by Gasteiger charge is 2.31. The number of carbonyl (C=O) groups excluding carboxylic acids is 2. The van der Waals surface area contributed by atoms with Gasteiger partial charge in [-0.05, 0) is 23.8 Å². The Labute approximate surface area is 162 Å². The summed E-state index contributed by atoms with van der Waals surface area (Å²) in [6, 6.07) is 11.7. The molecule has 6 nitrogen and oxygen atoms in total. The lowest BCUT2D eigenvalue weighted by atomic mass is 10.2. The SMILES string of the molecule is O=C1Nc2ccccc2SC1CC(=O)N1CCN(Cc2cccnc2)CC1. The quantitative estimate of drug-likeness (QED) is 0.878. The van der Waals surface area contributed by atoms with Crippen molar-refractivity contribution in [2.24, 2.45) is 0 Å². The molecule has 2 aliphatic heterocycles. The summed E-state index contributed by atoms with van der Waals surface area (Å²) in [5.74, 6) is -0.0228. The number of rotatable bonds is 4. The van der Waals surface area contributed by atoms with Crippen LogP contribution < -0.4 is 5.32 Å². The van der Waals surface area contributed by atoms with E-state index in [4.69, 9.17) is 0 Å². The van der Waals surface area contributed by atoms with Gasteiger partial charge in [0, 0.05) is 56.4 Å². The van der Waals surface area contributed by atoms with Crippen molar-refractivity contribution in [3.05, 3.63) is 54.4 Å². The molecule has 1 saturated heterocycles. The maximum Gasteiger partial charge on any atom is 0.238 e. The molecule has 1 N–H and O–H groups in total. The number of para-hydroxylation sites is 1. The molecule has 2 aliphatic rings. The van der Waals surface area contributed by atoms with Crippen LogP contribution in [0.25, 0.3) is 0 Å². The van der Waals surface area contributed by atoms with Crippen molar-refractivity contribution in [2.75, 3.05) is 31.5 Å². The summed E-state index contributed by atoms with van der Waals surface area (Å²) in [5.41, 5.74) is 2.02. The maximum absolute atomic E-state index is 12.7. The molecule has 3 heterocycles. The zero-order valence-corrected chi connectivity index (χ0v) is 15.8. The molecule has 0 aliphatic carbocycles. The van der Waals surface area contributed by atoms with Crippen LogP contribution in [0.4, 0.5) is 5.69 Å². The van der Waals surface area contributed by atoms with E-state index in [0.29, 0.717) is 13.1 Å². The van der Waals surface area contributed by atoms with Crippen LogP contribution in [0.15, 0.2) is 53.7 Å². The molecule has 1 aromatic heterocycles. The Bertz CT molecular complexity index is 822. The van der Waals surface area contributed by atoms with E-state index < -0.39 is 0 Å². The number of nitrogens with one attached hydrogen (secondary N) is 1. The molecule has 1 fully saturated rings. The molecule has 0 saturated carbocycles. The fourth-order valence-corrected chi connectivity index (χ4v) is 4.52. The van der Waals surface area contributed by atoms with E-state index in [0.717, 1.165) is 30.2 Å². The minimum absolute atomic E-state index is 0.0584. The van der Waals surface area contributed by atoms with Crippen LogP contribution in [-0.4, -0.2) is 58.0 Å². The summed E-state index contributed by atoms with van der Waals surface area (Å²) >= 11 is 1.48. The van der Waals surface area contributed by atoms with Gasteiger partial charge in [-0.25, -0.2) is 0 Å². The van der Waals surface area contributed by atoms with Gasteiger partial charge in [-0.1, -0.05) is 18.2 Å². The number of anilines is 1. The summed E-state index contributed by atoms with van der Waals surface area (Å²) in [5, 5.41) is 2.55. The minimum Gasteiger partial charge on any atom is -0.340 e. The molecular formula is C20H22N4O2S. The average Bonchev–Trinajstić information content (AvgIpc) is 2.70. The van der Waals surface area contributed by atoms with Gasteiger partial charge in [-0.15, -0.1) is 11.8 Å². The number of hydrogen-bond acceptors (Lipinski definition) is 5. The second kappa shape index (κ2) is 8.10. The molecule has 0 radical (unpaired) electrons. The molecule has 2 aromatic rings. The lowest BCUT2D eigenvalue weighted by molar-refractivity contribution is -0.134. The summed E-state index contributed by atoms with van der Waals surface area (Å²) in [6.45, 7) is 3.94. The highest BCUT2D eigenvalue weighted by Crippen LogP contribution is 2.36. The van der Waals surface area contributed by atoms with Crippen LogP contribution in [0.2, 0.25) is 0 Å². The molecule has 2 amide bonds. The van der Waals surface area contributed by atoms with Gasteiger partial charge in [0.1, 0.15) is 0 Å². The number of nitrogens with zero attached hydrogens (tertiary/aromatic N) is 3. The monoisotopic (exact) mass is 382 g/mol. The summed E-state index contributed by atoms with van der Waals surface area (Å²) in [7, 11) is 0. The van der Waals surface area contributed by atoms with Gasteiger partial charge in [-0.2, -0.15) is 0 Å². The molecule has 1 atom stereocenters. The molecule has 4 rings (SSSR count). The third-order valence-electron chi connectivity index (χ3n) is 4.92. The fraction of sp³-hybridized carbons (Fsp3) is 0.350. The van der Waals surface area contributed by atoms with E-state index >= 15 is 0 Å². The van der Waals surface area contributed by atoms with E-state index in [-0.39, 0.29) is 23.5 Å². The zero-order chi connectivity index (χ0) is 18.6. The highest BCUT2D eigenvalue weighted by atomic mass is 32.2. The number of benzene rings is 1. The standard InChI is InChI=1S/C20H22N4O2S/c25-19(12-18-20(26)22-16-5-1-2-6-17(16)27-18)24-10-8-23(9-11-24)14-15-4-3-7-21-13-15/h1-7,13,18H,8-12,14H2,(H,22,26). The van der Waals surface area contributed by atoms with Crippen LogP contribution in [0.5, 0.6) is 0 Å². The van der Waals surface area contributed by atoms with Gasteiger partial charge in [-0.3, -0.25) is 19.5 Å². The van der Waals surface area contributed by atoms with Crippen molar-refractivity contribution in [3.8, 4) is 0 Å². The van der Waals surface area contributed by atoms with Crippen molar-refractivity contribution >= 4 is 29.3 Å². The average molecular weight is 382 g/mol. The van der Waals surface area contributed by atoms with E-state index in [1.165, 1.54) is 17.3 Å². The Kier molecular flexibility index (Phi) is 5.40. The summed E-state index contributed by atoms with van der Waals surface area (Å²) in [4.78, 5) is 34.4. The maximum atomic E-state index is 12.7.